The molecule has 2 aliphatic rings. The van der Waals surface area contributed by atoms with Crippen LogP contribution < -0.4 is 5.56 Å². The monoisotopic (exact) mass is 327 g/mol. The van der Waals surface area contributed by atoms with Crippen LogP contribution in [0.4, 0.5) is 0 Å². The molecule has 2 aromatic rings. The van der Waals surface area contributed by atoms with Gasteiger partial charge < -0.3 is 14.6 Å². The maximum Gasteiger partial charge on any atom is 0.254 e. The highest BCUT2D eigenvalue weighted by Crippen LogP contribution is 2.21. The number of aromatic amines is 1. The van der Waals surface area contributed by atoms with E-state index >= 15 is 0 Å². The highest BCUT2D eigenvalue weighted by atomic mass is 16.5. The van der Waals surface area contributed by atoms with Gasteiger partial charge in [-0.25, -0.2) is 9.97 Å². The van der Waals surface area contributed by atoms with Crippen molar-refractivity contribution >= 4 is 5.91 Å². The van der Waals surface area contributed by atoms with E-state index in [1.54, 1.807) is 23.5 Å². The van der Waals surface area contributed by atoms with Crippen LogP contribution in [0.15, 0.2) is 23.4 Å². The number of rotatable bonds is 2. The molecule has 1 amide bonds. The first kappa shape index (κ1) is 14.9. The largest absolute Gasteiger partial charge is 0.381 e. The van der Waals surface area contributed by atoms with Gasteiger partial charge in [-0.3, -0.25) is 14.6 Å². The second-order valence-electron chi connectivity index (χ2n) is 6.00. The summed E-state index contributed by atoms with van der Waals surface area (Å²) in [5.41, 5.74) is 1.62. The number of hydrogen-bond donors (Lipinski definition) is 1. The van der Waals surface area contributed by atoms with Gasteiger partial charge in [0, 0.05) is 31.1 Å². The number of carbonyl (C=O) groups is 1. The molecule has 4 heterocycles. The standard InChI is InChI=1S/C16H17N5O3/c22-15-11-1-5-21(16(23)10-2-6-24-9-10)8-13(11)19-14(20-15)12-7-17-3-4-18-12/h3-4,7,10H,1-2,5-6,8-9H2,(H,19,20,22)/t10-/m1/s1. The Morgan fingerprint density at radius 1 is 1.38 bits per heavy atom. The Balaban J connectivity index is 1.63. The van der Waals surface area contributed by atoms with Gasteiger partial charge in [0.2, 0.25) is 5.91 Å². The lowest BCUT2D eigenvalue weighted by Gasteiger charge is -2.29. The van der Waals surface area contributed by atoms with Crippen LogP contribution in [0, 0.1) is 5.92 Å². The summed E-state index contributed by atoms with van der Waals surface area (Å²) < 4.78 is 5.30. The van der Waals surface area contributed by atoms with Gasteiger partial charge >= 0.3 is 0 Å². The second-order valence-corrected chi connectivity index (χ2v) is 6.00. The molecule has 0 bridgehead atoms. The van der Waals surface area contributed by atoms with Crippen LogP contribution in [-0.4, -0.2) is 50.5 Å². The Kier molecular flexibility index (Phi) is 3.81. The minimum atomic E-state index is -0.169. The molecule has 1 N–H and O–H groups in total. The van der Waals surface area contributed by atoms with Crippen molar-refractivity contribution in [1.82, 2.24) is 24.8 Å². The third-order valence-corrected chi connectivity index (χ3v) is 4.47. The highest BCUT2D eigenvalue weighted by Gasteiger charge is 2.31. The number of H-pyrrole nitrogens is 1. The number of nitrogens with zero attached hydrogens (tertiary/aromatic N) is 4. The van der Waals surface area contributed by atoms with Gasteiger partial charge in [-0.2, -0.15) is 0 Å². The van der Waals surface area contributed by atoms with E-state index in [1.807, 2.05) is 0 Å². The summed E-state index contributed by atoms with van der Waals surface area (Å²) in [5.74, 6) is 0.389. The van der Waals surface area contributed by atoms with Crippen molar-refractivity contribution in [3.63, 3.8) is 0 Å². The first-order valence-corrected chi connectivity index (χ1v) is 7.97. The quantitative estimate of drug-likeness (QED) is 0.842. The van der Waals surface area contributed by atoms with Crippen molar-refractivity contribution in [3.8, 4) is 11.5 Å². The summed E-state index contributed by atoms with van der Waals surface area (Å²) in [4.78, 5) is 42.1. The summed E-state index contributed by atoms with van der Waals surface area (Å²) in [5, 5.41) is 0. The fourth-order valence-corrected chi connectivity index (χ4v) is 3.16. The molecule has 8 heteroatoms. The number of nitrogens with one attached hydrogen (secondary N) is 1. The van der Waals surface area contributed by atoms with Crippen molar-refractivity contribution in [1.29, 1.82) is 0 Å². The maximum atomic E-state index is 12.6. The molecule has 0 spiro atoms. The first-order chi connectivity index (χ1) is 11.7. The third-order valence-electron chi connectivity index (χ3n) is 4.47. The maximum absolute atomic E-state index is 12.6. The van der Waals surface area contributed by atoms with E-state index < -0.39 is 0 Å². The number of fused-ring (bicyclic) bond motifs is 1. The van der Waals surface area contributed by atoms with E-state index in [1.165, 1.54) is 0 Å². The van der Waals surface area contributed by atoms with Gasteiger partial charge in [-0.05, 0) is 12.8 Å². The van der Waals surface area contributed by atoms with Gasteiger partial charge in [-0.15, -0.1) is 0 Å². The van der Waals surface area contributed by atoms with Crippen LogP contribution >= 0.6 is 0 Å². The lowest BCUT2D eigenvalue weighted by atomic mass is 10.0. The predicted octanol–water partition coefficient (Wildman–Crippen LogP) is 0.148. The molecule has 0 aromatic carbocycles. The number of aromatic nitrogens is 4. The van der Waals surface area contributed by atoms with Crippen molar-refractivity contribution < 1.29 is 9.53 Å². The molecule has 24 heavy (non-hydrogen) atoms. The Morgan fingerprint density at radius 2 is 2.29 bits per heavy atom. The van der Waals surface area contributed by atoms with Crippen LogP contribution in [0.2, 0.25) is 0 Å². The first-order valence-electron chi connectivity index (χ1n) is 7.97. The normalized spacial score (nSPS) is 20.0. The third kappa shape index (κ3) is 2.69. The molecule has 1 atom stereocenters. The average molecular weight is 327 g/mol. The van der Waals surface area contributed by atoms with E-state index in [9.17, 15) is 9.59 Å². The summed E-state index contributed by atoms with van der Waals surface area (Å²) in [6.07, 6.45) is 5.93. The number of hydrogen-bond acceptors (Lipinski definition) is 6. The molecule has 2 aromatic heterocycles. The second kappa shape index (κ2) is 6.12. The Morgan fingerprint density at radius 3 is 3.04 bits per heavy atom. The Hall–Kier alpha value is -2.61. The van der Waals surface area contributed by atoms with E-state index in [-0.39, 0.29) is 17.4 Å². The molecule has 2 aliphatic heterocycles. The van der Waals surface area contributed by atoms with Crippen molar-refractivity contribution in [3.05, 3.63) is 40.2 Å². The van der Waals surface area contributed by atoms with Crippen LogP contribution in [0.1, 0.15) is 17.7 Å². The average Bonchev–Trinajstić information content (AvgIpc) is 3.16. The summed E-state index contributed by atoms with van der Waals surface area (Å²) in [7, 11) is 0. The molecule has 8 nitrogen and oxygen atoms in total. The van der Waals surface area contributed by atoms with Crippen molar-refractivity contribution in [2.75, 3.05) is 19.8 Å². The molecular weight excluding hydrogens is 310 g/mol. The van der Waals surface area contributed by atoms with Crippen LogP contribution in [0.25, 0.3) is 11.5 Å². The number of amides is 1. The van der Waals surface area contributed by atoms with E-state index in [0.717, 1.165) is 6.42 Å². The predicted molar refractivity (Wildman–Crippen MR) is 83.9 cm³/mol. The van der Waals surface area contributed by atoms with Gasteiger partial charge in [0.05, 0.1) is 31.0 Å². The molecule has 0 aliphatic carbocycles. The number of ether oxygens (including phenoxy) is 1. The molecule has 1 saturated heterocycles. The van der Waals surface area contributed by atoms with Gasteiger partial charge in [-0.1, -0.05) is 0 Å². The van der Waals surface area contributed by atoms with E-state index in [4.69, 9.17) is 4.74 Å². The van der Waals surface area contributed by atoms with E-state index in [0.29, 0.717) is 55.5 Å². The summed E-state index contributed by atoms with van der Waals surface area (Å²) in [6, 6.07) is 0. The van der Waals surface area contributed by atoms with Gasteiger partial charge in [0.25, 0.3) is 5.56 Å². The van der Waals surface area contributed by atoms with Gasteiger partial charge in [0.1, 0.15) is 5.69 Å². The van der Waals surface area contributed by atoms with E-state index in [2.05, 4.69) is 19.9 Å². The minimum absolute atomic E-state index is 0.0759. The zero-order valence-corrected chi connectivity index (χ0v) is 13.1. The molecule has 0 unspecified atom stereocenters. The number of carbonyl (C=O) groups excluding carboxylic acids is 1. The summed E-state index contributed by atoms with van der Waals surface area (Å²) >= 11 is 0. The van der Waals surface area contributed by atoms with Crippen LogP contribution in [0.3, 0.4) is 0 Å². The van der Waals surface area contributed by atoms with Gasteiger partial charge in [0.15, 0.2) is 5.82 Å². The van der Waals surface area contributed by atoms with Crippen LogP contribution in [0.5, 0.6) is 0 Å². The van der Waals surface area contributed by atoms with Crippen molar-refractivity contribution in [2.24, 2.45) is 5.92 Å². The lowest BCUT2D eigenvalue weighted by molar-refractivity contribution is -0.136. The van der Waals surface area contributed by atoms with Crippen LogP contribution in [-0.2, 0) is 22.5 Å². The SMILES string of the molecule is O=C([C@@H]1CCOC1)N1CCc2c(nc(-c3cnccn3)[nH]c2=O)C1. The molecule has 4 rings (SSSR count). The molecular formula is C16H17N5O3. The Bertz CT molecular complexity index is 814. The molecule has 0 saturated carbocycles. The molecule has 1 fully saturated rings. The van der Waals surface area contributed by atoms with Crippen molar-refractivity contribution in [2.45, 2.75) is 19.4 Å². The highest BCUT2D eigenvalue weighted by molar-refractivity contribution is 5.79. The molecule has 124 valence electrons. The fraction of sp³-hybridized carbons (Fsp3) is 0.438. The zero-order chi connectivity index (χ0) is 16.5. The zero-order valence-electron chi connectivity index (χ0n) is 13.1. The molecule has 0 radical (unpaired) electrons. The summed E-state index contributed by atoms with van der Waals surface area (Å²) in [6.45, 7) is 2.00. The Labute approximate surface area is 137 Å². The topological polar surface area (TPSA) is 101 Å². The fourth-order valence-electron chi connectivity index (χ4n) is 3.16. The lowest BCUT2D eigenvalue weighted by Crippen LogP contribution is -2.42. The smallest absolute Gasteiger partial charge is 0.254 e. The minimum Gasteiger partial charge on any atom is -0.381 e.